The molecule has 0 radical (unpaired) electrons. The van der Waals surface area contributed by atoms with Gasteiger partial charge in [0.05, 0.1) is 17.7 Å². The third-order valence-electron chi connectivity index (χ3n) is 4.40. The molecule has 0 atom stereocenters. The number of nitrogens with zero attached hydrogens (tertiary/aromatic N) is 2. The van der Waals surface area contributed by atoms with Crippen molar-refractivity contribution in [3.8, 4) is 0 Å². The second kappa shape index (κ2) is 9.77. The van der Waals surface area contributed by atoms with Gasteiger partial charge in [0.1, 0.15) is 0 Å². The molecule has 2 N–H and O–H groups in total. The Morgan fingerprint density at radius 1 is 1.10 bits per heavy atom. The van der Waals surface area contributed by atoms with E-state index < -0.39 is 21.8 Å². The summed E-state index contributed by atoms with van der Waals surface area (Å²) in [6, 6.07) is 9.46. The van der Waals surface area contributed by atoms with Gasteiger partial charge in [-0.15, -0.1) is 11.3 Å². The summed E-state index contributed by atoms with van der Waals surface area (Å²) in [4.78, 5) is 25.0. The Bertz CT molecular complexity index is 964. The maximum atomic E-state index is 12.6. The lowest BCUT2D eigenvalue weighted by Crippen LogP contribution is -2.36. The quantitative estimate of drug-likeness (QED) is 0.512. The Morgan fingerprint density at radius 2 is 1.83 bits per heavy atom. The molecular weight excluding hydrogens is 412 g/mol. The van der Waals surface area contributed by atoms with Crippen molar-refractivity contribution >= 4 is 39.4 Å². The maximum Gasteiger partial charge on any atom is 0.259 e. The maximum absolute atomic E-state index is 12.6. The van der Waals surface area contributed by atoms with Crippen LogP contribution in [0.25, 0.3) is 0 Å². The fraction of sp³-hybridized carbons (Fsp3) is 0.316. The summed E-state index contributed by atoms with van der Waals surface area (Å²) in [5, 5.41) is 8.19. The minimum atomic E-state index is -3.54. The first-order valence-electron chi connectivity index (χ1n) is 9.20. The van der Waals surface area contributed by atoms with Crippen molar-refractivity contribution in [3.05, 3.63) is 52.2 Å². The highest BCUT2D eigenvalue weighted by Crippen LogP contribution is 2.20. The van der Waals surface area contributed by atoms with Crippen LogP contribution >= 0.6 is 11.3 Å². The highest BCUT2D eigenvalue weighted by Gasteiger charge is 2.25. The number of hydrogen-bond acceptors (Lipinski definition) is 6. The number of amides is 2. The first kappa shape index (κ1) is 21.2. The molecular formula is C19H22N4O4S2. The molecule has 154 valence electrons. The van der Waals surface area contributed by atoms with E-state index in [0.29, 0.717) is 13.1 Å². The lowest BCUT2D eigenvalue weighted by atomic mass is 10.2. The van der Waals surface area contributed by atoms with E-state index in [4.69, 9.17) is 0 Å². The van der Waals surface area contributed by atoms with E-state index >= 15 is 0 Å². The van der Waals surface area contributed by atoms with Crippen LogP contribution in [-0.2, 0) is 14.8 Å². The van der Waals surface area contributed by atoms with E-state index in [0.717, 1.165) is 24.1 Å². The molecule has 1 fully saturated rings. The normalized spacial score (nSPS) is 15.3. The van der Waals surface area contributed by atoms with Gasteiger partial charge in [0, 0.05) is 23.5 Å². The van der Waals surface area contributed by atoms with Gasteiger partial charge < -0.3 is 5.32 Å². The molecule has 2 heterocycles. The smallest absolute Gasteiger partial charge is 0.259 e. The van der Waals surface area contributed by atoms with Crippen LogP contribution in [-0.4, -0.2) is 50.4 Å². The summed E-state index contributed by atoms with van der Waals surface area (Å²) < 4.78 is 26.7. The van der Waals surface area contributed by atoms with Gasteiger partial charge >= 0.3 is 0 Å². The Balaban J connectivity index is 1.51. The third-order valence-corrected chi connectivity index (χ3v) is 7.12. The molecule has 8 nitrogen and oxygen atoms in total. The van der Waals surface area contributed by atoms with Crippen LogP contribution < -0.4 is 10.7 Å². The zero-order valence-corrected chi connectivity index (χ0v) is 17.3. The van der Waals surface area contributed by atoms with Crippen molar-refractivity contribution in [3.63, 3.8) is 0 Å². The van der Waals surface area contributed by atoms with Crippen LogP contribution in [0.4, 0.5) is 0 Å². The minimum absolute atomic E-state index is 0.164. The van der Waals surface area contributed by atoms with Crippen LogP contribution in [0.2, 0.25) is 0 Å². The van der Waals surface area contributed by atoms with Crippen molar-refractivity contribution in [2.24, 2.45) is 5.10 Å². The van der Waals surface area contributed by atoms with Crippen LogP contribution in [0.3, 0.4) is 0 Å². The average molecular weight is 435 g/mol. The molecule has 0 bridgehead atoms. The number of thiophene rings is 1. The van der Waals surface area contributed by atoms with E-state index in [9.17, 15) is 18.0 Å². The van der Waals surface area contributed by atoms with E-state index in [1.165, 1.54) is 46.1 Å². The van der Waals surface area contributed by atoms with Gasteiger partial charge in [-0.2, -0.15) is 9.41 Å². The van der Waals surface area contributed by atoms with Crippen molar-refractivity contribution in [2.45, 2.75) is 24.2 Å². The molecule has 0 saturated carbocycles. The molecule has 0 spiro atoms. The van der Waals surface area contributed by atoms with Crippen LogP contribution in [0, 0.1) is 0 Å². The van der Waals surface area contributed by atoms with E-state index in [1.54, 1.807) is 0 Å². The highest BCUT2D eigenvalue weighted by molar-refractivity contribution is 7.89. The van der Waals surface area contributed by atoms with Gasteiger partial charge in [-0.25, -0.2) is 13.8 Å². The van der Waals surface area contributed by atoms with E-state index in [2.05, 4.69) is 15.8 Å². The average Bonchev–Trinajstić information content (AvgIpc) is 3.26. The van der Waals surface area contributed by atoms with Gasteiger partial charge in [-0.3, -0.25) is 9.59 Å². The Morgan fingerprint density at radius 3 is 2.48 bits per heavy atom. The fourth-order valence-corrected chi connectivity index (χ4v) is 4.97. The Kier molecular flexibility index (Phi) is 7.13. The van der Waals surface area contributed by atoms with Crippen molar-refractivity contribution in [1.29, 1.82) is 0 Å². The number of hydrogen-bond donors (Lipinski definition) is 2. The molecule has 3 rings (SSSR count). The van der Waals surface area contributed by atoms with Crippen LogP contribution in [0.1, 0.15) is 34.5 Å². The minimum Gasteiger partial charge on any atom is -0.343 e. The van der Waals surface area contributed by atoms with Crippen molar-refractivity contribution in [1.82, 2.24) is 15.0 Å². The lowest BCUT2D eigenvalue weighted by Gasteiger charge is -2.25. The SMILES string of the molecule is O=C(CNC(=O)c1ccc(S(=O)(=O)N2CCCCC2)cc1)N/N=C/c1cccs1. The molecule has 2 amide bonds. The number of carbonyl (C=O) groups excluding carboxylic acids is 2. The van der Waals surface area contributed by atoms with Gasteiger partial charge in [0.15, 0.2) is 0 Å². The number of hydrazone groups is 1. The summed E-state index contributed by atoms with van der Waals surface area (Å²) in [5.41, 5.74) is 2.61. The second-order valence-corrected chi connectivity index (χ2v) is 9.40. The van der Waals surface area contributed by atoms with Crippen molar-refractivity contribution in [2.75, 3.05) is 19.6 Å². The highest BCUT2D eigenvalue weighted by atomic mass is 32.2. The zero-order valence-electron chi connectivity index (χ0n) is 15.7. The first-order valence-corrected chi connectivity index (χ1v) is 11.5. The molecule has 1 aromatic carbocycles. The molecule has 2 aromatic rings. The number of nitrogens with one attached hydrogen (secondary N) is 2. The number of benzene rings is 1. The molecule has 1 aliphatic heterocycles. The standard InChI is InChI=1S/C19H22N4O4S2/c24-18(22-21-13-16-5-4-12-28-16)14-20-19(25)15-6-8-17(9-7-15)29(26,27)23-10-2-1-3-11-23/h4-9,12-13H,1-3,10-11,14H2,(H,20,25)(H,22,24)/b21-13+. The van der Waals surface area contributed by atoms with Crippen molar-refractivity contribution < 1.29 is 18.0 Å². The lowest BCUT2D eigenvalue weighted by molar-refractivity contribution is -0.120. The summed E-state index contributed by atoms with van der Waals surface area (Å²) in [6.07, 6.45) is 4.28. The van der Waals surface area contributed by atoms with Crippen LogP contribution in [0.15, 0.2) is 51.8 Å². The third kappa shape index (κ3) is 5.72. The fourth-order valence-electron chi connectivity index (χ4n) is 2.87. The molecule has 10 heteroatoms. The van der Waals surface area contributed by atoms with E-state index in [-0.39, 0.29) is 17.0 Å². The van der Waals surface area contributed by atoms with Gasteiger partial charge in [-0.1, -0.05) is 12.5 Å². The molecule has 1 saturated heterocycles. The number of carbonyl (C=O) groups is 2. The summed E-state index contributed by atoms with van der Waals surface area (Å²) in [6.45, 7) is 0.803. The summed E-state index contributed by atoms with van der Waals surface area (Å²) >= 11 is 1.49. The molecule has 0 aliphatic carbocycles. The Hall–Kier alpha value is -2.56. The topological polar surface area (TPSA) is 108 Å². The molecule has 1 aromatic heterocycles. The van der Waals surface area contributed by atoms with Gasteiger partial charge in [-0.05, 0) is 48.6 Å². The van der Waals surface area contributed by atoms with Gasteiger partial charge in [0.2, 0.25) is 10.0 Å². The molecule has 29 heavy (non-hydrogen) atoms. The first-order chi connectivity index (χ1) is 14.0. The predicted octanol–water partition coefficient (Wildman–Crippen LogP) is 1.80. The largest absolute Gasteiger partial charge is 0.343 e. The van der Waals surface area contributed by atoms with Gasteiger partial charge in [0.25, 0.3) is 11.8 Å². The second-order valence-electron chi connectivity index (χ2n) is 6.48. The van der Waals surface area contributed by atoms with E-state index in [1.807, 2.05) is 17.5 Å². The summed E-state index contributed by atoms with van der Waals surface area (Å²) in [7, 11) is -3.54. The number of rotatable bonds is 7. The number of sulfonamides is 1. The Labute approximate surface area is 173 Å². The molecule has 1 aliphatic rings. The monoisotopic (exact) mass is 434 g/mol. The predicted molar refractivity (Wildman–Crippen MR) is 111 cm³/mol. The summed E-state index contributed by atoms with van der Waals surface area (Å²) in [5.74, 6) is -0.931. The number of piperidine rings is 1. The van der Waals surface area contributed by atoms with Crippen LogP contribution in [0.5, 0.6) is 0 Å². The zero-order chi connectivity index (χ0) is 20.7. The molecule has 0 unspecified atom stereocenters.